The Morgan fingerprint density at radius 3 is 2.24 bits per heavy atom. The Bertz CT molecular complexity index is 982. The molecule has 0 unspecified atom stereocenters. The summed E-state index contributed by atoms with van der Waals surface area (Å²) in [6.45, 7) is -0.135. The minimum Gasteiger partial charge on any atom is -0.508 e. The lowest BCUT2D eigenvalue weighted by molar-refractivity contribution is -0.157. The van der Waals surface area contributed by atoms with Gasteiger partial charge in [-0.25, -0.2) is 9.59 Å². The van der Waals surface area contributed by atoms with Gasteiger partial charge in [0.25, 0.3) is 5.91 Å². The van der Waals surface area contributed by atoms with Crippen LogP contribution in [0.5, 0.6) is 5.75 Å². The summed E-state index contributed by atoms with van der Waals surface area (Å²) >= 11 is 3.00. The van der Waals surface area contributed by atoms with Gasteiger partial charge in [0.1, 0.15) is 24.2 Å². The zero-order valence-electron chi connectivity index (χ0n) is 17.7. The number of benzene rings is 2. The number of esters is 1. The molecular weight excluding hydrogens is 496 g/mol. The summed E-state index contributed by atoms with van der Waals surface area (Å²) in [4.78, 5) is 49.2. The molecule has 0 spiro atoms. The lowest BCUT2D eigenvalue weighted by atomic mass is 9.90. The van der Waals surface area contributed by atoms with Gasteiger partial charge in [0, 0.05) is 12.8 Å². The molecule has 2 rings (SSSR count). The van der Waals surface area contributed by atoms with Crippen molar-refractivity contribution in [1.29, 1.82) is 0 Å². The lowest BCUT2D eigenvalue weighted by Crippen LogP contribution is -2.63. The standard InChI is InChI=1S/C23H25BrN2O7/c24-13-18(28)10-11-19(20(29)30)26-21(31)23(25,12-15-6-8-17(27)9-7-15)22(32)33-14-16-4-2-1-3-5-16/h1-9,19,27H,10-14,25H2,(H,26,31)(H,29,30)/t19-,23-/m0/s1. The number of hydrogen-bond acceptors (Lipinski definition) is 7. The minimum atomic E-state index is -2.25. The number of aliphatic carboxylic acids is 1. The highest BCUT2D eigenvalue weighted by molar-refractivity contribution is 9.09. The number of hydrogen-bond donors (Lipinski definition) is 4. The predicted octanol–water partition coefficient (Wildman–Crippen LogP) is 1.69. The van der Waals surface area contributed by atoms with Crippen LogP contribution in [0.2, 0.25) is 0 Å². The average Bonchev–Trinajstić information content (AvgIpc) is 2.81. The Balaban J connectivity index is 2.24. The van der Waals surface area contributed by atoms with Crippen molar-refractivity contribution in [2.24, 2.45) is 5.73 Å². The number of aromatic hydroxyl groups is 1. The normalized spacial score (nSPS) is 13.4. The SMILES string of the molecule is N[C@@](Cc1ccc(O)cc1)(C(=O)N[C@@H](CCC(=O)CBr)C(=O)O)C(=O)OCc1ccccc1. The molecule has 1 amide bonds. The summed E-state index contributed by atoms with van der Waals surface area (Å²) in [5, 5.41) is 21.3. The minimum absolute atomic E-state index is 0.0140. The molecule has 0 radical (unpaired) electrons. The number of phenolic OH excluding ortho intramolecular Hbond substituents is 1. The van der Waals surface area contributed by atoms with E-state index in [1.165, 1.54) is 24.3 Å². The van der Waals surface area contributed by atoms with E-state index in [0.717, 1.165) is 0 Å². The number of nitrogens with one attached hydrogen (secondary N) is 1. The molecule has 0 aliphatic carbocycles. The summed E-state index contributed by atoms with van der Waals surface area (Å²) in [7, 11) is 0. The maximum absolute atomic E-state index is 13.1. The zero-order chi connectivity index (χ0) is 24.4. The van der Waals surface area contributed by atoms with Crippen LogP contribution >= 0.6 is 15.9 Å². The number of carboxylic acids is 1. The van der Waals surface area contributed by atoms with Crippen molar-refractivity contribution >= 4 is 39.6 Å². The van der Waals surface area contributed by atoms with Crippen molar-refractivity contribution in [3.05, 3.63) is 65.7 Å². The monoisotopic (exact) mass is 520 g/mol. The van der Waals surface area contributed by atoms with Crippen LogP contribution in [-0.2, 0) is 36.9 Å². The predicted molar refractivity (Wildman–Crippen MR) is 123 cm³/mol. The second-order valence-electron chi connectivity index (χ2n) is 7.45. The van der Waals surface area contributed by atoms with E-state index in [1.54, 1.807) is 30.3 Å². The fraction of sp³-hybridized carbons (Fsp3) is 0.304. The molecule has 2 atom stereocenters. The smallest absolute Gasteiger partial charge is 0.336 e. The second kappa shape index (κ2) is 12.1. The van der Waals surface area contributed by atoms with Gasteiger partial charge in [0.15, 0.2) is 5.54 Å². The molecule has 0 saturated carbocycles. The molecule has 2 aromatic rings. The van der Waals surface area contributed by atoms with E-state index >= 15 is 0 Å². The Morgan fingerprint density at radius 2 is 1.67 bits per heavy atom. The number of rotatable bonds is 12. The molecule has 0 aliphatic rings. The number of ketones is 1. The van der Waals surface area contributed by atoms with E-state index in [0.29, 0.717) is 11.1 Å². The van der Waals surface area contributed by atoms with Crippen molar-refractivity contribution in [1.82, 2.24) is 5.32 Å². The number of alkyl halides is 1. The van der Waals surface area contributed by atoms with Crippen molar-refractivity contribution < 1.29 is 34.1 Å². The van der Waals surface area contributed by atoms with Gasteiger partial charge in [0.05, 0.1) is 5.33 Å². The van der Waals surface area contributed by atoms with Crippen LogP contribution in [0.3, 0.4) is 0 Å². The highest BCUT2D eigenvalue weighted by atomic mass is 79.9. The van der Waals surface area contributed by atoms with Crippen LogP contribution in [0.4, 0.5) is 0 Å². The van der Waals surface area contributed by atoms with Crippen LogP contribution in [0.15, 0.2) is 54.6 Å². The number of carbonyl (C=O) groups is 4. The van der Waals surface area contributed by atoms with Crippen LogP contribution in [-0.4, -0.2) is 50.8 Å². The first-order chi connectivity index (χ1) is 15.7. The number of phenols is 1. The lowest BCUT2D eigenvalue weighted by Gasteiger charge is -2.28. The molecule has 5 N–H and O–H groups in total. The first-order valence-electron chi connectivity index (χ1n) is 10.0. The Labute approximate surface area is 199 Å². The molecule has 176 valence electrons. The van der Waals surface area contributed by atoms with Gasteiger partial charge in [-0.2, -0.15) is 0 Å². The molecule has 0 bridgehead atoms. The second-order valence-corrected chi connectivity index (χ2v) is 8.01. The van der Waals surface area contributed by atoms with Gasteiger partial charge in [0.2, 0.25) is 0 Å². The van der Waals surface area contributed by atoms with Gasteiger partial charge < -0.3 is 26.0 Å². The first-order valence-corrected chi connectivity index (χ1v) is 11.2. The molecule has 33 heavy (non-hydrogen) atoms. The van der Waals surface area contributed by atoms with Crippen LogP contribution < -0.4 is 11.1 Å². The maximum Gasteiger partial charge on any atom is 0.336 e. The average molecular weight is 521 g/mol. The molecule has 2 aromatic carbocycles. The van der Waals surface area contributed by atoms with E-state index in [4.69, 9.17) is 10.5 Å². The maximum atomic E-state index is 13.1. The fourth-order valence-electron chi connectivity index (χ4n) is 2.95. The van der Waals surface area contributed by atoms with Gasteiger partial charge in [-0.05, 0) is 29.7 Å². The third kappa shape index (κ3) is 7.69. The molecule has 9 nitrogen and oxygen atoms in total. The molecule has 0 heterocycles. The van der Waals surface area contributed by atoms with E-state index in [2.05, 4.69) is 21.2 Å². The molecule has 0 aromatic heterocycles. The molecular formula is C23H25BrN2O7. The Kier molecular flexibility index (Phi) is 9.56. The molecule has 0 fully saturated rings. The van der Waals surface area contributed by atoms with Crippen molar-refractivity contribution in [2.45, 2.75) is 37.5 Å². The third-order valence-electron chi connectivity index (χ3n) is 4.87. The number of Topliss-reactive ketones (excluding diaryl/α,β-unsaturated/α-hetero) is 1. The van der Waals surface area contributed by atoms with Crippen LogP contribution in [0, 0.1) is 0 Å². The van der Waals surface area contributed by atoms with E-state index in [1.807, 2.05) is 0 Å². The van der Waals surface area contributed by atoms with Crippen molar-refractivity contribution in [3.63, 3.8) is 0 Å². The number of carbonyl (C=O) groups excluding carboxylic acids is 3. The van der Waals surface area contributed by atoms with Gasteiger partial charge >= 0.3 is 11.9 Å². The Hall–Kier alpha value is -3.24. The van der Waals surface area contributed by atoms with Crippen LogP contribution in [0.25, 0.3) is 0 Å². The molecule has 10 heteroatoms. The quantitative estimate of drug-likeness (QED) is 0.187. The van der Waals surface area contributed by atoms with Crippen molar-refractivity contribution in [3.8, 4) is 5.75 Å². The zero-order valence-corrected chi connectivity index (χ0v) is 19.3. The number of halogens is 1. The van der Waals surface area contributed by atoms with Gasteiger partial charge in [-0.15, -0.1) is 0 Å². The number of ether oxygens (including phenoxy) is 1. The van der Waals surface area contributed by atoms with Gasteiger partial charge in [-0.1, -0.05) is 58.4 Å². The number of carboxylic acid groups (broad SMARTS) is 1. The third-order valence-corrected chi connectivity index (χ3v) is 5.49. The van der Waals surface area contributed by atoms with Crippen molar-refractivity contribution in [2.75, 3.05) is 5.33 Å². The number of nitrogens with two attached hydrogens (primary N) is 1. The summed E-state index contributed by atoms with van der Waals surface area (Å²) < 4.78 is 5.29. The largest absolute Gasteiger partial charge is 0.508 e. The summed E-state index contributed by atoms with van der Waals surface area (Å²) in [6, 6.07) is 13.1. The summed E-state index contributed by atoms with van der Waals surface area (Å²) in [6.07, 6.45) is -0.560. The van der Waals surface area contributed by atoms with E-state index in [9.17, 15) is 29.4 Å². The molecule has 0 aliphatic heterocycles. The highest BCUT2D eigenvalue weighted by Crippen LogP contribution is 2.18. The summed E-state index contributed by atoms with van der Waals surface area (Å²) in [5.41, 5.74) is 5.11. The highest BCUT2D eigenvalue weighted by Gasteiger charge is 2.45. The summed E-state index contributed by atoms with van der Waals surface area (Å²) in [5.74, 6) is -3.71. The fourth-order valence-corrected chi connectivity index (χ4v) is 3.23. The molecule has 0 saturated heterocycles. The topological polar surface area (TPSA) is 156 Å². The van der Waals surface area contributed by atoms with E-state index < -0.39 is 29.4 Å². The van der Waals surface area contributed by atoms with Crippen LogP contribution in [0.1, 0.15) is 24.0 Å². The number of amides is 1. The first kappa shape index (κ1) is 26.0. The Morgan fingerprint density at radius 1 is 1.03 bits per heavy atom. The van der Waals surface area contributed by atoms with Gasteiger partial charge in [-0.3, -0.25) is 9.59 Å². The van der Waals surface area contributed by atoms with E-state index in [-0.39, 0.29) is 42.7 Å².